The third kappa shape index (κ3) is 4.99. The molecule has 0 radical (unpaired) electrons. The lowest BCUT2D eigenvalue weighted by atomic mass is 9.64. The van der Waals surface area contributed by atoms with Crippen molar-refractivity contribution in [1.29, 1.82) is 0 Å². The average Bonchev–Trinajstić information content (AvgIpc) is 2.76. The van der Waals surface area contributed by atoms with E-state index in [2.05, 4.69) is 0 Å². The molecular weight excluding hydrogens is 376 g/mol. The van der Waals surface area contributed by atoms with Gasteiger partial charge in [0.25, 0.3) is 0 Å². The molecule has 0 bridgehead atoms. The molecule has 0 aliphatic heterocycles. The van der Waals surface area contributed by atoms with Crippen molar-refractivity contribution in [2.45, 2.75) is 39.5 Å². The zero-order valence-corrected chi connectivity index (χ0v) is 17.5. The van der Waals surface area contributed by atoms with E-state index in [1.54, 1.807) is 48.5 Å². The van der Waals surface area contributed by atoms with E-state index in [1.165, 1.54) is 0 Å². The van der Waals surface area contributed by atoms with E-state index in [4.69, 9.17) is 0 Å². The normalized spacial score (nSPS) is 23.5. The number of benzene rings is 2. The Bertz CT molecular complexity index is 839. The summed E-state index contributed by atoms with van der Waals surface area (Å²) in [6.07, 6.45) is 0.971. The van der Waals surface area contributed by atoms with Crippen molar-refractivity contribution in [3.8, 4) is 0 Å². The molecule has 4 unspecified atom stereocenters. The molecule has 156 valence electrons. The second-order valence-corrected chi connectivity index (χ2v) is 8.37. The van der Waals surface area contributed by atoms with Gasteiger partial charge >= 0.3 is 0 Å². The summed E-state index contributed by atoms with van der Waals surface area (Å²) < 4.78 is 0. The molecule has 4 nitrogen and oxygen atoms in total. The molecule has 1 saturated carbocycles. The molecule has 4 heteroatoms. The second kappa shape index (κ2) is 9.75. The topological polar surface area (TPSA) is 68.3 Å². The highest BCUT2D eigenvalue weighted by Crippen LogP contribution is 2.40. The van der Waals surface area contributed by atoms with E-state index in [0.29, 0.717) is 24.0 Å². The average molecular weight is 405 g/mol. The number of rotatable bonds is 8. The Hall–Kier alpha value is -2.88. The van der Waals surface area contributed by atoms with Crippen molar-refractivity contribution >= 4 is 23.1 Å². The molecule has 2 aromatic carbocycles. The van der Waals surface area contributed by atoms with Crippen LogP contribution in [-0.4, -0.2) is 23.1 Å². The highest BCUT2D eigenvalue weighted by atomic mass is 16.2. The van der Waals surface area contributed by atoms with Gasteiger partial charge in [0.1, 0.15) is 11.6 Å². The van der Waals surface area contributed by atoms with Crippen molar-refractivity contribution in [2.75, 3.05) is 0 Å². The monoisotopic (exact) mass is 404 g/mol. The van der Waals surface area contributed by atoms with Crippen LogP contribution in [0.4, 0.5) is 0 Å². The van der Waals surface area contributed by atoms with E-state index < -0.39 is 0 Å². The second-order valence-electron chi connectivity index (χ2n) is 8.37. The summed E-state index contributed by atoms with van der Waals surface area (Å²) in [5, 5.41) is 0. The molecule has 1 fully saturated rings. The summed E-state index contributed by atoms with van der Waals surface area (Å²) in [6, 6.07) is 17.7. The van der Waals surface area contributed by atoms with Crippen LogP contribution in [0.15, 0.2) is 60.7 Å². The Balaban J connectivity index is 1.59. The third-order valence-corrected chi connectivity index (χ3v) is 6.58. The predicted octanol–water partition coefficient (Wildman–Crippen LogP) is 4.97. The minimum absolute atomic E-state index is 0.00407. The molecular formula is C26H28O4. The summed E-state index contributed by atoms with van der Waals surface area (Å²) in [6.45, 7) is 3.97. The summed E-state index contributed by atoms with van der Waals surface area (Å²) in [5.41, 5.74) is 1.10. The fourth-order valence-electron chi connectivity index (χ4n) is 4.56. The maximum Gasteiger partial charge on any atom is 0.170 e. The first-order valence-corrected chi connectivity index (χ1v) is 10.6. The van der Waals surface area contributed by atoms with Gasteiger partial charge in [-0.15, -0.1) is 0 Å². The highest BCUT2D eigenvalue weighted by Gasteiger charge is 2.40. The van der Waals surface area contributed by atoms with E-state index in [9.17, 15) is 19.2 Å². The Labute approximate surface area is 177 Å². The summed E-state index contributed by atoms with van der Waals surface area (Å²) in [5.74, 6) is -0.863. The number of ketones is 4. The smallest absolute Gasteiger partial charge is 0.170 e. The van der Waals surface area contributed by atoms with Crippen LogP contribution in [0.5, 0.6) is 0 Å². The van der Waals surface area contributed by atoms with Gasteiger partial charge in [0.05, 0.1) is 12.8 Å². The fourth-order valence-corrected chi connectivity index (χ4v) is 4.56. The molecule has 4 atom stereocenters. The van der Waals surface area contributed by atoms with Crippen LogP contribution in [0.1, 0.15) is 60.2 Å². The SMILES string of the molecule is CC1C(C(=O)CC(=O)c2ccccc2)CCC(C(=O)CC(=O)c2ccccc2)C1C. The van der Waals surface area contributed by atoms with Gasteiger partial charge in [0, 0.05) is 23.0 Å². The predicted molar refractivity (Wildman–Crippen MR) is 115 cm³/mol. The quantitative estimate of drug-likeness (QED) is 0.460. The van der Waals surface area contributed by atoms with Crippen LogP contribution >= 0.6 is 0 Å². The molecule has 1 aliphatic carbocycles. The minimum atomic E-state index is -0.221. The van der Waals surface area contributed by atoms with Gasteiger partial charge in [-0.1, -0.05) is 74.5 Å². The van der Waals surface area contributed by atoms with Crippen molar-refractivity contribution < 1.29 is 19.2 Å². The number of hydrogen-bond acceptors (Lipinski definition) is 4. The van der Waals surface area contributed by atoms with Crippen molar-refractivity contribution in [3.63, 3.8) is 0 Å². The molecule has 1 aliphatic rings. The van der Waals surface area contributed by atoms with Gasteiger partial charge in [0.15, 0.2) is 11.6 Å². The van der Waals surface area contributed by atoms with Crippen LogP contribution in [0.3, 0.4) is 0 Å². The lowest BCUT2D eigenvalue weighted by Gasteiger charge is -2.38. The molecule has 2 aromatic rings. The maximum atomic E-state index is 12.8. The number of carbonyl (C=O) groups is 4. The zero-order chi connectivity index (χ0) is 21.7. The van der Waals surface area contributed by atoms with Gasteiger partial charge in [0.2, 0.25) is 0 Å². The molecule has 0 heterocycles. The molecule has 0 spiro atoms. The largest absolute Gasteiger partial charge is 0.299 e. The van der Waals surface area contributed by atoms with Crippen LogP contribution in [0.25, 0.3) is 0 Å². The van der Waals surface area contributed by atoms with Crippen LogP contribution in [0.2, 0.25) is 0 Å². The van der Waals surface area contributed by atoms with Gasteiger partial charge in [-0.2, -0.15) is 0 Å². The maximum absolute atomic E-state index is 12.8. The summed E-state index contributed by atoms with van der Waals surface area (Å²) in [7, 11) is 0. The van der Waals surface area contributed by atoms with Gasteiger partial charge in [-0.05, 0) is 24.7 Å². The Morgan fingerprint density at radius 3 is 1.30 bits per heavy atom. The first kappa shape index (κ1) is 21.8. The molecule has 3 rings (SSSR count). The number of hydrogen-bond donors (Lipinski definition) is 0. The van der Waals surface area contributed by atoms with E-state index >= 15 is 0 Å². The van der Waals surface area contributed by atoms with E-state index in [0.717, 1.165) is 0 Å². The van der Waals surface area contributed by atoms with Gasteiger partial charge in [-0.25, -0.2) is 0 Å². The van der Waals surface area contributed by atoms with Crippen LogP contribution < -0.4 is 0 Å². The number of carbonyl (C=O) groups excluding carboxylic acids is 4. The van der Waals surface area contributed by atoms with Crippen LogP contribution in [-0.2, 0) is 9.59 Å². The standard InChI is InChI=1S/C26H28O4/c1-17-18(2)22(26(30)16-24(28)20-11-7-4-8-12-20)14-13-21(17)25(29)15-23(27)19-9-5-3-6-10-19/h3-12,17-18,21-22H,13-16H2,1-2H3. The zero-order valence-electron chi connectivity index (χ0n) is 17.5. The van der Waals surface area contributed by atoms with Gasteiger partial charge < -0.3 is 0 Å². The Kier molecular flexibility index (Phi) is 7.09. The first-order chi connectivity index (χ1) is 14.4. The van der Waals surface area contributed by atoms with Crippen molar-refractivity contribution in [1.82, 2.24) is 0 Å². The van der Waals surface area contributed by atoms with Crippen molar-refractivity contribution in [3.05, 3.63) is 71.8 Å². The fraction of sp³-hybridized carbons (Fsp3) is 0.385. The summed E-state index contributed by atoms with van der Waals surface area (Å²) >= 11 is 0. The highest BCUT2D eigenvalue weighted by molar-refractivity contribution is 6.09. The van der Waals surface area contributed by atoms with Crippen LogP contribution in [0, 0.1) is 23.7 Å². The molecule has 0 amide bonds. The van der Waals surface area contributed by atoms with Crippen molar-refractivity contribution in [2.24, 2.45) is 23.7 Å². The first-order valence-electron chi connectivity index (χ1n) is 10.6. The van der Waals surface area contributed by atoms with Gasteiger partial charge in [-0.3, -0.25) is 19.2 Å². The van der Waals surface area contributed by atoms with E-state index in [-0.39, 0.29) is 59.6 Å². The molecule has 0 saturated heterocycles. The molecule has 30 heavy (non-hydrogen) atoms. The molecule has 0 aromatic heterocycles. The Morgan fingerprint density at radius 1 is 0.633 bits per heavy atom. The number of Topliss-reactive ketones (excluding diaryl/α,β-unsaturated/α-hetero) is 4. The van der Waals surface area contributed by atoms with E-state index in [1.807, 2.05) is 26.0 Å². The Morgan fingerprint density at radius 2 is 0.967 bits per heavy atom. The molecule has 0 N–H and O–H groups in total. The minimum Gasteiger partial charge on any atom is -0.299 e. The summed E-state index contributed by atoms with van der Waals surface area (Å²) in [4.78, 5) is 50.4. The lowest BCUT2D eigenvalue weighted by molar-refractivity contribution is -0.132. The lowest BCUT2D eigenvalue weighted by Crippen LogP contribution is -2.39. The third-order valence-electron chi connectivity index (χ3n) is 6.58.